The Bertz CT molecular complexity index is 1120. The summed E-state index contributed by atoms with van der Waals surface area (Å²) in [4.78, 5) is 27.1. The standard InChI is InChI=1S/C24H20FNO5/c1-2-30-18-11-5-15(6-12-18)14-26-21(19-4-3-13-31-19)20(23(28)24(26)29)22(27)16-7-9-17(25)10-8-16/h3-13,21,27H,2,14H2,1H3/b22-20-. The van der Waals surface area contributed by atoms with E-state index in [4.69, 9.17) is 9.15 Å². The number of halogens is 1. The Balaban J connectivity index is 1.75. The van der Waals surface area contributed by atoms with E-state index in [0.29, 0.717) is 18.1 Å². The number of hydrogen-bond acceptors (Lipinski definition) is 5. The average Bonchev–Trinajstić information content (AvgIpc) is 3.38. The Kier molecular flexibility index (Phi) is 5.58. The Morgan fingerprint density at radius 1 is 1.10 bits per heavy atom. The predicted octanol–water partition coefficient (Wildman–Crippen LogP) is 4.44. The molecule has 3 aromatic rings. The van der Waals surface area contributed by atoms with Crippen LogP contribution >= 0.6 is 0 Å². The van der Waals surface area contributed by atoms with E-state index >= 15 is 0 Å². The van der Waals surface area contributed by atoms with Gasteiger partial charge < -0.3 is 19.2 Å². The van der Waals surface area contributed by atoms with Crippen LogP contribution in [0.2, 0.25) is 0 Å². The highest BCUT2D eigenvalue weighted by atomic mass is 19.1. The van der Waals surface area contributed by atoms with Gasteiger partial charge in [0.05, 0.1) is 18.4 Å². The first-order valence-corrected chi connectivity index (χ1v) is 9.79. The Morgan fingerprint density at radius 2 is 1.81 bits per heavy atom. The summed E-state index contributed by atoms with van der Waals surface area (Å²) in [5.74, 6) is -1.39. The van der Waals surface area contributed by atoms with E-state index in [1.807, 2.05) is 19.1 Å². The molecule has 0 radical (unpaired) electrons. The molecule has 0 spiro atoms. The number of carbonyl (C=O) groups is 2. The first-order valence-electron chi connectivity index (χ1n) is 9.79. The van der Waals surface area contributed by atoms with Crippen molar-refractivity contribution in [3.63, 3.8) is 0 Å². The van der Waals surface area contributed by atoms with Gasteiger partial charge in [-0.05, 0) is 61.0 Å². The van der Waals surface area contributed by atoms with Crippen molar-refractivity contribution < 1.29 is 28.2 Å². The Labute approximate surface area is 178 Å². The largest absolute Gasteiger partial charge is 0.507 e. The summed E-state index contributed by atoms with van der Waals surface area (Å²) in [5, 5.41) is 10.8. The molecule has 7 heteroatoms. The molecule has 1 aliphatic rings. The van der Waals surface area contributed by atoms with Crippen LogP contribution < -0.4 is 4.74 Å². The zero-order valence-electron chi connectivity index (χ0n) is 16.7. The van der Waals surface area contributed by atoms with Gasteiger partial charge in [0.2, 0.25) is 0 Å². The molecule has 0 bridgehead atoms. The fraction of sp³-hybridized carbons (Fsp3) is 0.167. The highest BCUT2D eigenvalue weighted by molar-refractivity contribution is 6.46. The van der Waals surface area contributed by atoms with Gasteiger partial charge in [-0.3, -0.25) is 9.59 Å². The van der Waals surface area contributed by atoms with Crippen LogP contribution in [-0.2, 0) is 16.1 Å². The number of hydrogen-bond donors (Lipinski definition) is 1. The van der Waals surface area contributed by atoms with Gasteiger partial charge in [0.1, 0.15) is 29.1 Å². The quantitative estimate of drug-likeness (QED) is 0.362. The zero-order valence-corrected chi connectivity index (χ0v) is 16.7. The number of ketones is 1. The number of aliphatic hydroxyl groups is 1. The van der Waals surface area contributed by atoms with Crippen LogP contribution in [-0.4, -0.2) is 28.3 Å². The van der Waals surface area contributed by atoms with Crippen LogP contribution in [0.25, 0.3) is 5.76 Å². The maximum Gasteiger partial charge on any atom is 0.296 e. The molecule has 31 heavy (non-hydrogen) atoms. The SMILES string of the molecule is CCOc1ccc(CN2C(=O)C(=O)/C(=C(\O)c3ccc(F)cc3)C2c2ccco2)cc1. The molecular weight excluding hydrogens is 401 g/mol. The van der Waals surface area contributed by atoms with Crippen molar-refractivity contribution in [3.8, 4) is 5.75 Å². The molecule has 1 N–H and O–H groups in total. The second-order valence-electron chi connectivity index (χ2n) is 7.03. The molecule has 4 rings (SSSR count). The van der Waals surface area contributed by atoms with E-state index in [0.717, 1.165) is 5.56 Å². The summed E-state index contributed by atoms with van der Waals surface area (Å²) in [5.41, 5.74) is 0.915. The second-order valence-corrected chi connectivity index (χ2v) is 7.03. The first kappa shape index (κ1) is 20.4. The van der Waals surface area contributed by atoms with Crippen LogP contribution in [0.4, 0.5) is 4.39 Å². The van der Waals surface area contributed by atoms with Gasteiger partial charge in [-0.25, -0.2) is 4.39 Å². The van der Waals surface area contributed by atoms with Gasteiger partial charge in [-0.2, -0.15) is 0 Å². The monoisotopic (exact) mass is 421 g/mol. The van der Waals surface area contributed by atoms with Gasteiger partial charge in [-0.1, -0.05) is 12.1 Å². The minimum atomic E-state index is -0.911. The number of Topliss-reactive ketones (excluding diaryl/α,β-unsaturated/α-hetero) is 1. The van der Waals surface area contributed by atoms with Crippen molar-refractivity contribution in [2.45, 2.75) is 19.5 Å². The maximum absolute atomic E-state index is 13.3. The maximum atomic E-state index is 13.3. The van der Waals surface area contributed by atoms with Gasteiger partial charge in [0, 0.05) is 12.1 Å². The number of rotatable bonds is 6. The number of amides is 1. The lowest BCUT2D eigenvalue weighted by atomic mass is 9.99. The molecule has 1 unspecified atom stereocenters. The lowest BCUT2D eigenvalue weighted by Gasteiger charge is -2.23. The van der Waals surface area contributed by atoms with Gasteiger partial charge >= 0.3 is 0 Å². The topological polar surface area (TPSA) is 80.0 Å². The number of benzene rings is 2. The van der Waals surface area contributed by atoms with Crippen LogP contribution in [0.1, 0.15) is 29.9 Å². The molecule has 158 valence electrons. The molecule has 1 aromatic heterocycles. The van der Waals surface area contributed by atoms with Gasteiger partial charge in [0.25, 0.3) is 11.7 Å². The van der Waals surface area contributed by atoms with E-state index < -0.39 is 23.5 Å². The molecule has 6 nitrogen and oxygen atoms in total. The summed E-state index contributed by atoms with van der Waals surface area (Å²) in [6.07, 6.45) is 1.43. The highest BCUT2D eigenvalue weighted by Gasteiger charge is 2.47. The van der Waals surface area contributed by atoms with Crippen molar-refractivity contribution in [2.75, 3.05) is 6.61 Å². The molecular formula is C24H20FNO5. The van der Waals surface area contributed by atoms with E-state index in [2.05, 4.69) is 0 Å². The molecule has 0 saturated carbocycles. The van der Waals surface area contributed by atoms with E-state index in [-0.39, 0.29) is 23.4 Å². The highest BCUT2D eigenvalue weighted by Crippen LogP contribution is 2.40. The fourth-order valence-corrected chi connectivity index (χ4v) is 3.60. The smallest absolute Gasteiger partial charge is 0.296 e. The van der Waals surface area contributed by atoms with Crippen LogP contribution in [0.5, 0.6) is 5.75 Å². The summed E-state index contributed by atoms with van der Waals surface area (Å²) in [7, 11) is 0. The van der Waals surface area contributed by atoms with Crippen LogP contribution in [0, 0.1) is 5.82 Å². The van der Waals surface area contributed by atoms with Gasteiger partial charge in [-0.15, -0.1) is 0 Å². The molecule has 2 aromatic carbocycles. The summed E-state index contributed by atoms with van der Waals surface area (Å²) in [6, 6.07) is 14.6. The zero-order chi connectivity index (χ0) is 22.0. The van der Waals surface area contributed by atoms with Crippen molar-refractivity contribution in [1.29, 1.82) is 0 Å². The minimum Gasteiger partial charge on any atom is -0.507 e. The van der Waals surface area contributed by atoms with Crippen LogP contribution in [0.3, 0.4) is 0 Å². The average molecular weight is 421 g/mol. The third kappa shape index (κ3) is 3.94. The first-order chi connectivity index (χ1) is 15.0. The van der Waals surface area contributed by atoms with Crippen molar-refractivity contribution in [3.05, 3.63) is 95.2 Å². The van der Waals surface area contributed by atoms with Crippen molar-refractivity contribution in [2.24, 2.45) is 0 Å². The molecule has 1 amide bonds. The molecule has 0 aliphatic carbocycles. The van der Waals surface area contributed by atoms with Crippen molar-refractivity contribution >= 4 is 17.4 Å². The van der Waals surface area contributed by atoms with E-state index in [9.17, 15) is 19.1 Å². The van der Waals surface area contributed by atoms with E-state index in [1.165, 1.54) is 35.4 Å². The molecule has 1 atom stereocenters. The van der Waals surface area contributed by atoms with Crippen molar-refractivity contribution in [1.82, 2.24) is 4.90 Å². The third-order valence-corrected chi connectivity index (χ3v) is 5.06. The predicted molar refractivity (Wildman–Crippen MR) is 111 cm³/mol. The normalized spacial score (nSPS) is 17.9. The Hall–Kier alpha value is -3.87. The number of furan rings is 1. The number of likely N-dealkylation sites (tertiary alicyclic amines) is 1. The number of nitrogens with zero attached hydrogens (tertiary/aromatic N) is 1. The lowest BCUT2D eigenvalue weighted by molar-refractivity contribution is -0.140. The molecule has 1 aliphatic heterocycles. The summed E-state index contributed by atoms with van der Waals surface area (Å²) >= 11 is 0. The van der Waals surface area contributed by atoms with Crippen LogP contribution in [0.15, 0.2) is 76.9 Å². The second kappa shape index (κ2) is 8.47. The third-order valence-electron chi connectivity index (χ3n) is 5.06. The Morgan fingerprint density at radius 3 is 2.42 bits per heavy atom. The summed E-state index contributed by atoms with van der Waals surface area (Å²) in [6.45, 7) is 2.55. The molecule has 1 fully saturated rings. The number of ether oxygens (including phenoxy) is 1. The summed E-state index contributed by atoms with van der Waals surface area (Å²) < 4.78 is 24.2. The van der Waals surface area contributed by atoms with Gasteiger partial charge in [0.15, 0.2) is 0 Å². The number of aliphatic hydroxyl groups excluding tert-OH is 1. The van der Waals surface area contributed by atoms with E-state index in [1.54, 1.807) is 24.3 Å². The minimum absolute atomic E-state index is 0.0995. The number of carbonyl (C=O) groups excluding carboxylic acids is 2. The molecule has 2 heterocycles. The molecule has 1 saturated heterocycles. The fourth-order valence-electron chi connectivity index (χ4n) is 3.60. The lowest BCUT2D eigenvalue weighted by Crippen LogP contribution is -2.29.